The van der Waals surface area contributed by atoms with Gasteiger partial charge in [0.1, 0.15) is 6.54 Å². The van der Waals surface area contributed by atoms with Crippen LogP contribution >= 0.6 is 11.8 Å². The number of hydrogen-bond acceptors (Lipinski definition) is 9. The van der Waals surface area contributed by atoms with Gasteiger partial charge < -0.3 is 14.6 Å². The van der Waals surface area contributed by atoms with Crippen LogP contribution in [0.1, 0.15) is 12.5 Å². The molecule has 0 bridgehead atoms. The molecule has 1 fully saturated rings. The van der Waals surface area contributed by atoms with Gasteiger partial charge in [0.15, 0.2) is 11.5 Å². The molecule has 1 aromatic rings. The second-order valence-electron chi connectivity index (χ2n) is 4.92. The summed E-state index contributed by atoms with van der Waals surface area (Å²) < 4.78 is 9.58. The lowest BCUT2D eigenvalue weighted by Crippen LogP contribution is -2.34. The van der Waals surface area contributed by atoms with Gasteiger partial charge in [-0.05, 0) is 24.8 Å². The number of benzene rings is 1. The summed E-state index contributed by atoms with van der Waals surface area (Å²) in [6.45, 7) is 1.15. The standard InChI is InChI=1S/C15H14N2O8S/c1-3-25-12(18)7-16-14(20)11(26-15(16)21)5-8-4-9(17(22)23)6-10(24-2)13(8)19/h4-6,19H,3,7H2,1-2H3/b11-5+. The number of amides is 2. The highest BCUT2D eigenvalue weighted by Crippen LogP contribution is 2.39. The summed E-state index contributed by atoms with van der Waals surface area (Å²) in [5, 5.41) is 20.4. The first kappa shape index (κ1) is 19.2. The minimum absolute atomic E-state index is 0.0716. The van der Waals surface area contributed by atoms with Crippen LogP contribution in [0.5, 0.6) is 11.5 Å². The maximum Gasteiger partial charge on any atom is 0.326 e. The molecular weight excluding hydrogens is 368 g/mol. The van der Waals surface area contributed by atoms with Crippen molar-refractivity contribution in [3.63, 3.8) is 0 Å². The molecule has 0 aliphatic carbocycles. The van der Waals surface area contributed by atoms with E-state index in [9.17, 15) is 29.6 Å². The number of nitro groups is 1. The molecule has 1 aliphatic heterocycles. The summed E-state index contributed by atoms with van der Waals surface area (Å²) in [6.07, 6.45) is 1.13. The van der Waals surface area contributed by atoms with Gasteiger partial charge in [0.25, 0.3) is 16.8 Å². The number of aromatic hydroxyl groups is 1. The number of methoxy groups -OCH3 is 1. The van der Waals surface area contributed by atoms with Crippen LogP contribution in [0.4, 0.5) is 10.5 Å². The van der Waals surface area contributed by atoms with Crippen molar-refractivity contribution >= 4 is 40.6 Å². The molecule has 0 saturated carbocycles. The van der Waals surface area contributed by atoms with Crippen LogP contribution in [-0.4, -0.2) is 52.3 Å². The highest BCUT2D eigenvalue weighted by atomic mass is 32.2. The lowest BCUT2D eigenvalue weighted by atomic mass is 10.1. The van der Waals surface area contributed by atoms with Crippen LogP contribution in [0.3, 0.4) is 0 Å². The van der Waals surface area contributed by atoms with Gasteiger partial charge >= 0.3 is 5.97 Å². The summed E-state index contributed by atoms with van der Waals surface area (Å²) in [5.74, 6) is -2.08. The molecule has 1 aliphatic rings. The van der Waals surface area contributed by atoms with Gasteiger partial charge in [0.05, 0.1) is 29.6 Å². The molecule has 1 saturated heterocycles. The summed E-state index contributed by atoms with van der Waals surface area (Å²) >= 11 is 0.542. The van der Waals surface area contributed by atoms with E-state index in [1.54, 1.807) is 6.92 Å². The van der Waals surface area contributed by atoms with Gasteiger partial charge in [-0.1, -0.05) is 0 Å². The molecule has 11 heteroatoms. The van der Waals surface area contributed by atoms with E-state index in [4.69, 9.17) is 9.47 Å². The zero-order chi connectivity index (χ0) is 19.4. The van der Waals surface area contributed by atoms with E-state index in [-0.39, 0.29) is 28.5 Å². The highest BCUT2D eigenvalue weighted by Gasteiger charge is 2.37. The Kier molecular flexibility index (Phi) is 5.82. The van der Waals surface area contributed by atoms with Gasteiger partial charge in [-0.3, -0.25) is 29.4 Å². The van der Waals surface area contributed by atoms with Crippen LogP contribution in [0.15, 0.2) is 17.0 Å². The number of rotatable bonds is 6. The second kappa shape index (κ2) is 7.87. The van der Waals surface area contributed by atoms with Crippen molar-refractivity contribution in [3.8, 4) is 11.5 Å². The van der Waals surface area contributed by atoms with Crippen molar-refractivity contribution in [2.24, 2.45) is 0 Å². The normalized spacial score (nSPS) is 15.5. The average Bonchev–Trinajstić information content (AvgIpc) is 2.84. The maximum atomic E-state index is 12.3. The van der Waals surface area contributed by atoms with Gasteiger partial charge in [-0.25, -0.2) is 0 Å². The smallest absolute Gasteiger partial charge is 0.326 e. The number of phenols is 1. The lowest BCUT2D eigenvalue weighted by molar-refractivity contribution is -0.385. The number of phenolic OH excluding ortho intramolecular Hbond substituents is 1. The molecule has 0 aromatic heterocycles. The monoisotopic (exact) mass is 382 g/mol. The van der Waals surface area contributed by atoms with E-state index in [1.807, 2.05) is 0 Å². The Morgan fingerprint density at radius 2 is 2.12 bits per heavy atom. The van der Waals surface area contributed by atoms with Crippen molar-refractivity contribution in [1.29, 1.82) is 0 Å². The number of carbonyl (C=O) groups is 3. The van der Waals surface area contributed by atoms with Crippen LogP contribution in [0.25, 0.3) is 6.08 Å². The topological polar surface area (TPSA) is 136 Å². The van der Waals surface area contributed by atoms with E-state index in [2.05, 4.69) is 0 Å². The third kappa shape index (κ3) is 3.94. The summed E-state index contributed by atoms with van der Waals surface area (Å²) in [7, 11) is 1.22. The molecule has 2 rings (SSSR count). The van der Waals surface area contributed by atoms with Gasteiger partial charge in [-0.2, -0.15) is 0 Å². The molecule has 10 nitrogen and oxygen atoms in total. The van der Waals surface area contributed by atoms with E-state index in [1.165, 1.54) is 7.11 Å². The van der Waals surface area contributed by atoms with Gasteiger partial charge in [-0.15, -0.1) is 0 Å². The average molecular weight is 382 g/mol. The van der Waals surface area contributed by atoms with Crippen molar-refractivity contribution in [2.75, 3.05) is 20.3 Å². The van der Waals surface area contributed by atoms with E-state index in [0.29, 0.717) is 16.7 Å². The predicted octanol–water partition coefficient (Wildman–Crippen LogP) is 1.91. The fraction of sp³-hybridized carbons (Fsp3) is 0.267. The van der Waals surface area contributed by atoms with Gasteiger partial charge in [0.2, 0.25) is 0 Å². The van der Waals surface area contributed by atoms with Crippen LogP contribution in [0, 0.1) is 10.1 Å². The molecule has 1 aromatic carbocycles. The first-order valence-electron chi connectivity index (χ1n) is 7.24. The maximum absolute atomic E-state index is 12.3. The van der Waals surface area contributed by atoms with Crippen molar-refractivity contribution in [2.45, 2.75) is 6.92 Å². The Balaban J connectivity index is 2.37. The zero-order valence-electron chi connectivity index (χ0n) is 13.8. The largest absolute Gasteiger partial charge is 0.504 e. The highest BCUT2D eigenvalue weighted by molar-refractivity contribution is 8.18. The molecule has 0 radical (unpaired) electrons. The number of imide groups is 1. The third-order valence-electron chi connectivity index (χ3n) is 3.27. The first-order chi connectivity index (χ1) is 12.3. The van der Waals surface area contributed by atoms with E-state index in [0.717, 1.165) is 18.2 Å². The zero-order valence-corrected chi connectivity index (χ0v) is 14.6. The van der Waals surface area contributed by atoms with E-state index >= 15 is 0 Å². The molecule has 2 amide bonds. The number of nitro benzene ring substituents is 1. The lowest BCUT2D eigenvalue weighted by Gasteiger charge is -2.10. The Morgan fingerprint density at radius 1 is 1.42 bits per heavy atom. The Labute approximate surface area is 151 Å². The van der Waals surface area contributed by atoms with E-state index < -0.39 is 34.3 Å². The number of nitrogens with zero attached hydrogens (tertiary/aromatic N) is 2. The molecular formula is C15H14N2O8S. The Bertz CT molecular complexity index is 820. The summed E-state index contributed by atoms with van der Waals surface area (Å²) in [5.41, 5.74) is -0.436. The van der Waals surface area contributed by atoms with Crippen LogP contribution < -0.4 is 4.74 Å². The first-order valence-corrected chi connectivity index (χ1v) is 8.06. The minimum Gasteiger partial charge on any atom is -0.504 e. The fourth-order valence-corrected chi connectivity index (χ4v) is 2.93. The number of esters is 1. The van der Waals surface area contributed by atoms with Crippen molar-refractivity contribution in [3.05, 3.63) is 32.7 Å². The molecule has 0 unspecified atom stereocenters. The predicted molar refractivity (Wildman–Crippen MR) is 90.6 cm³/mol. The SMILES string of the molecule is CCOC(=O)CN1C(=O)S/C(=C/c2cc([N+](=O)[O-])cc(OC)c2O)C1=O. The Morgan fingerprint density at radius 3 is 2.69 bits per heavy atom. The summed E-state index contributed by atoms with van der Waals surface area (Å²) in [6, 6.07) is 2.07. The number of hydrogen-bond donors (Lipinski definition) is 1. The molecule has 1 N–H and O–H groups in total. The molecule has 1 heterocycles. The molecule has 0 atom stereocenters. The second-order valence-corrected chi connectivity index (χ2v) is 5.91. The van der Waals surface area contributed by atoms with Gasteiger partial charge in [0, 0.05) is 11.6 Å². The van der Waals surface area contributed by atoms with Crippen LogP contribution in [-0.2, 0) is 14.3 Å². The third-order valence-corrected chi connectivity index (χ3v) is 4.18. The Hall–Kier alpha value is -3.08. The molecule has 26 heavy (non-hydrogen) atoms. The van der Waals surface area contributed by atoms with Crippen molar-refractivity contribution < 1.29 is 33.9 Å². The number of ether oxygens (including phenoxy) is 2. The number of non-ortho nitro benzene ring substituents is 1. The molecule has 0 spiro atoms. The number of carbonyl (C=O) groups excluding carboxylic acids is 3. The quantitative estimate of drug-likeness (QED) is 0.338. The number of thioether (sulfide) groups is 1. The fourth-order valence-electron chi connectivity index (χ4n) is 2.10. The summed E-state index contributed by atoms with van der Waals surface area (Å²) in [4.78, 5) is 46.6. The molecule has 138 valence electrons. The van der Waals surface area contributed by atoms with Crippen molar-refractivity contribution in [1.82, 2.24) is 4.90 Å². The van der Waals surface area contributed by atoms with Crippen LogP contribution in [0.2, 0.25) is 0 Å². The minimum atomic E-state index is -0.766.